The maximum Gasteiger partial charge on any atom is 0.323 e. The van der Waals surface area contributed by atoms with E-state index in [-0.39, 0.29) is 23.3 Å². The molecule has 2 aromatic rings. The van der Waals surface area contributed by atoms with Crippen molar-refractivity contribution in [2.45, 2.75) is 71.1 Å². The summed E-state index contributed by atoms with van der Waals surface area (Å²) < 4.78 is 0. The number of nitrogens with one attached hydrogen (secondary N) is 2. The van der Waals surface area contributed by atoms with E-state index in [1.54, 1.807) is 18.2 Å². The van der Waals surface area contributed by atoms with Gasteiger partial charge >= 0.3 is 12.0 Å². The fourth-order valence-electron chi connectivity index (χ4n) is 6.29. The molecule has 34 heavy (non-hydrogen) atoms. The fourth-order valence-corrected chi connectivity index (χ4v) is 6.81. The number of halogens is 2. The molecule has 5 nitrogen and oxygen atoms in total. The normalized spacial score (nSPS) is 25.9. The molecule has 0 aromatic heterocycles. The highest BCUT2D eigenvalue weighted by Crippen LogP contribution is 2.58. The van der Waals surface area contributed by atoms with Gasteiger partial charge in [0.15, 0.2) is 0 Å². The molecule has 3 atom stereocenters. The first-order chi connectivity index (χ1) is 15.9. The van der Waals surface area contributed by atoms with Crippen molar-refractivity contribution in [3.05, 3.63) is 57.1 Å². The Morgan fingerprint density at radius 2 is 1.71 bits per heavy atom. The number of carbonyl (C=O) groups excluding carboxylic acids is 1. The first-order valence-corrected chi connectivity index (χ1v) is 12.6. The molecule has 0 heterocycles. The molecule has 4 rings (SSSR count). The lowest BCUT2D eigenvalue weighted by atomic mass is 9.49. The number of urea groups is 1. The van der Waals surface area contributed by atoms with Crippen LogP contribution in [-0.2, 0) is 16.6 Å². The maximum absolute atomic E-state index is 12.9. The van der Waals surface area contributed by atoms with E-state index < -0.39 is 11.4 Å². The minimum Gasteiger partial charge on any atom is -0.481 e. The Morgan fingerprint density at radius 3 is 2.32 bits per heavy atom. The van der Waals surface area contributed by atoms with E-state index in [9.17, 15) is 14.7 Å². The maximum atomic E-state index is 12.9. The van der Waals surface area contributed by atoms with Crippen LogP contribution >= 0.6 is 23.2 Å². The van der Waals surface area contributed by atoms with Gasteiger partial charge in [0.05, 0.1) is 5.41 Å². The van der Waals surface area contributed by atoms with Gasteiger partial charge in [-0.05, 0) is 90.8 Å². The quantitative estimate of drug-likeness (QED) is 0.398. The van der Waals surface area contributed by atoms with Gasteiger partial charge in [0.1, 0.15) is 0 Å². The summed E-state index contributed by atoms with van der Waals surface area (Å²) in [5, 5.41) is 16.8. The largest absolute Gasteiger partial charge is 0.481 e. The predicted octanol–water partition coefficient (Wildman–Crippen LogP) is 7.86. The van der Waals surface area contributed by atoms with Gasteiger partial charge in [-0.3, -0.25) is 4.79 Å². The zero-order valence-electron chi connectivity index (χ0n) is 20.1. The summed E-state index contributed by atoms with van der Waals surface area (Å²) in [7, 11) is 0. The van der Waals surface area contributed by atoms with Crippen LogP contribution in [0.5, 0.6) is 0 Å². The number of rotatable bonds is 4. The Balaban J connectivity index is 1.70. The van der Waals surface area contributed by atoms with Crippen LogP contribution in [0.2, 0.25) is 10.0 Å². The third-order valence-corrected chi connectivity index (χ3v) is 8.44. The second kappa shape index (κ2) is 9.09. The van der Waals surface area contributed by atoms with Gasteiger partial charge in [0.2, 0.25) is 0 Å². The molecule has 2 amide bonds. The molecule has 0 aliphatic heterocycles. The van der Waals surface area contributed by atoms with E-state index in [4.69, 9.17) is 23.2 Å². The number of hydrogen-bond donors (Lipinski definition) is 3. The van der Waals surface area contributed by atoms with E-state index in [0.717, 1.165) is 36.9 Å². The molecule has 0 radical (unpaired) electrons. The summed E-state index contributed by atoms with van der Waals surface area (Å²) in [6, 6.07) is 8.82. The smallest absolute Gasteiger partial charge is 0.323 e. The highest BCUT2D eigenvalue weighted by molar-refractivity contribution is 6.35. The van der Waals surface area contributed by atoms with Gasteiger partial charge in [-0.2, -0.15) is 0 Å². The minimum atomic E-state index is -0.738. The Labute approximate surface area is 211 Å². The van der Waals surface area contributed by atoms with Crippen molar-refractivity contribution in [2.75, 3.05) is 10.6 Å². The van der Waals surface area contributed by atoms with Gasteiger partial charge in [-0.25, -0.2) is 4.79 Å². The molecule has 2 aliphatic rings. The Bertz CT molecular complexity index is 1130. The first-order valence-electron chi connectivity index (χ1n) is 11.9. The van der Waals surface area contributed by atoms with Crippen LogP contribution in [0.1, 0.15) is 76.0 Å². The van der Waals surface area contributed by atoms with Crippen LogP contribution in [-0.4, -0.2) is 17.1 Å². The van der Waals surface area contributed by atoms with Crippen LogP contribution in [0.25, 0.3) is 0 Å². The van der Waals surface area contributed by atoms with Crippen molar-refractivity contribution in [3.63, 3.8) is 0 Å². The summed E-state index contributed by atoms with van der Waals surface area (Å²) in [4.78, 5) is 25.2. The number of aliphatic carboxylic acids is 1. The number of hydrogen-bond acceptors (Lipinski definition) is 2. The molecular formula is C27H32Cl2N2O3. The highest BCUT2D eigenvalue weighted by Gasteiger charge is 2.55. The second-order valence-electron chi connectivity index (χ2n) is 10.6. The molecule has 0 bridgehead atoms. The number of benzene rings is 2. The molecule has 0 unspecified atom stereocenters. The number of fused-ring (bicyclic) bond motifs is 3. The first kappa shape index (κ1) is 24.9. The van der Waals surface area contributed by atoms with Crippen LogP contribution in [0.4, 0.5) is 16.2 Å². The zero-order chi connectivity index (χ0) is 24.8. The molecule has 3 N–H and O–H groups in total. The number of carbonyl (C=O) groups is 2. The highest BCUT2D eigenvalue weighted by atomic mass is 35.5. The number of carboxylic acids is 1. The molecular weight excluding hydrogens is 471 g/mol. The van der Waals surface area contributed by atoms with E-state index in [0.29, 0.717) is 22.2 Å². The topological polar surface area (TPSA) is 78.4 Å². The number of amides is 2. The lowest BCUT2D eigenvalue weighted by Crippen LogP contribution is -2.52. The lowest BCUT2D eigenvalue weighted by molar-refractivity contribution is -0.157. The third kappa shape index (κ3) is 4.40. The number of carboxylic acid groups (broad SMARTS) is 1. The van der Waals surface area contributed by atoms with Gasteiger partial charge < -0.3 is 15.7 Å². The average Bonchev–Trinajstić information content (AvgIpc) is 2.72. The van der Waals surface area contributed by atoms with Crippen molar-refractivity contribution in [3.8, 4) is 0 Å². The van der Waals surface area contributed by atoms with Crippen molar-refractivity contribution >= 4 is 46.6 Å². The Hall–Kier alpha value is -2.24. The van der Waals surface area contributed by atoms with Gasteiger partial charge in [-0.1, -0.05) is 56.5 Å². The van der Waals surface area contributed by atoms with Crippen LogP contribution < -0.4 is 10.6 Å². The molecule has 0 saturated heterocycles. The third-order valence-electron chi connectivity index (χ3n) is 8.00. The van der Waals surface area contributed by atoms with Crippen molar-refractivity contribution in [1.29, 1.82) is 0 Å². The molecule has 182 valence electrons. The fraction of sp³-hybridized carbons (Fsp3) is 0.481. The molecule has 0 spiro atoms. The molecule has 7 heteroatoms. The zero-order valence-corrected chi connectivity index (χ0v) is 21.6. The minimum absolute atomic E-state index is 0.0546. The predicted molar refractivity (Wildman–Crippen MR) is 138 cm³/mol. The summed E-state index contributed by atoms with van der Waals surface area (Å²) in [5.74, 6) is -0.440. The SMILES string of the molecule is CC(C)c1cc2c(cc1NC(=O)Nc1cc(Cl)cc(Cl)c1)[C@@]1(C)CCC[C@@](C)(C(=O)O)[C@@H]1CC2. The standard InChI is InChI=1S/C27H32Cl2N2O3/c1-15(2)20-10-16-6-7-23-26(3,8-5-9-27(23,4)24(32)33)21(16)14-22(20)31-25(34)30-19-12-17(28)11-18(29)13-19/h10-15,23H,5-9H2,1-4H3,(H,32,33)(H2,30,31,34)/t23-,26-,27-/m1/s1. The summed E-state index contributed by atoms with van der Waals surface area (Å²) in [6.07, 6.45) is 4.25. The number of anilines is 2. The summed E-state index contributed by atoms with van der Waals surface area (Å²) in [5.41, 5.74) is 3.78. The van der Waals surface area contributed by atoms with Crippen LogP contribution in [0.15, 0.2) is 30.3 Å². The van der Waals surface area contributed by atoms with E-state index in [1.807, 2.05) is 6.92 Å². The Kier molecular flexibility index (Phi) is 6.65. The van der Waals surface area contributed by atoms with E-state index in [2.05, 4.69) is 43.5 Å². The monoisotopic (exact) mass is 502 g/mol. The molecule has 1 fully saturated rings. The van der Waals surface area contributed by atoms with Crippen molar-refractivity contribution in [1.82, 2.24) is 0 Å². The van der Waals surface area contributed by atoms with Gasteiger partial charge in [0, 0.05) is 21.4 Å². The Morgan fingerprint density at radius 1 is 1.03 bits per heavy atom. The van der Waals surface area contributed by atoms with Crippen LogP contribution in [0, 0.1) is 11.3 Å². The lowest BCUT2D eigenvalue weighted by Gasteiger charge is -2.53. The van der Waals surface area contributed by atoms with Gasteiger partial charge in [-0.15, -0.1) is 0 Å². The van der Waals surface area contributed by atoms with Crippen molar-refractivity contribution in [2.24, 2.45) is 11.3 Å². The van der Waals surface area contributed by atoms with Crippen molar-refractivity contribution < 1.29 is 14.7 Å². The van der Waals surface area contributed by atoms with E-state index in [1.165, 1.54) is 11.1 Å². The summed E-state index contributed by atoms with van der Waals surface area (Å²) in [6.45, 7) is 8.34. The molecule has 1 saturated carbocycles. The summed E-state index contributed by atoms with van der Waals surface area (Å²) >= 11 is 12.1. The second-order valence-corrected chi connectivity index (χ2v) is 11.4. The molecule has 2 aromatic carbocycles. The van der Waals surface area contributed by atoms with E-state index >= 15 is 0 Å². The molecule has 2 aliphatic carbocycles. The number of aryl methyl sites for hydroxylation is 1. The van der Waals surface area contributed by atoms with Gasteiger partial charge in [0.25, 0.3) is 0 Å². The average molecular weight is 503 g/mol. The van der Waals surface area contributed by atoms with Crippen LogP contribution in [0.3, 0.4) is 0 Å².